The van der Waals surface area contributed by atoms with Crippen molar-refractivity contribution in [3.8, 4) is 6.07 Å². The summed E-state index contributed by atoms with van der Waals surface area (Å²) in [7, 11) is 0. The summed E-state index contributed by atoms with van der Waals surface area (Å²) in [5.41, 5.74) is 6.63. The monoisotopic (exact) mass is 347 g/mol. The lowest BCUT2D eigenvalue weighted by Crippen LogP contribution is -2.19. The summed E-state index contributed by atoms with van der Waals surface area (Å²) in [6.45, 7) is 1.82. The second-order valence-electron chi connectivity index (χ2n) is 4.36. The highest BCUT2D eigenvalue weighted by Crippen LogP contribution is 2.32. The molecular weight excluding hydrogens is 334 g/mol. The number of carbonyl (C=O) groups is 2. The van der Waals surface area contributed by atoms with E-state index in [1.54, 1.807) is 18.2 Å². The average Bonchev–Trinajstić information content (AvgIpc) is 2.84. The van der Waals surface area contributed by atoms with Gasteiger partial charge in [0.15, 0.2) is 5.13 Å². The number of nitrogens with two attached hydrogens (primary N) is 1. The van der Waals surface area contributed by atoms with Crippen LogP contribution in [0.2, 0.25) is 0 Å². The van der Waals surface area contributed by atoms with Gasteiger partial charge in [-0.05, 0) is 25.1 Å². The number of thioether (sulfide) groups is 1. The number of urea groups is 1. The Hall–Kier alpha value is -2.57. The highest BCUT2D eigenvalue weighted by atomic mass is 32.2. The molecule has 3 amide bonds. The van der Waals surface area contributed by atoms with E-state index in [0.717, 1.165) is 9.90 Å². The number of anilines is 2. The zero-order chi connectivity index (χ0) is 16.8. The molecule has 1 aromatic carbocycles. The first-order valence-electron chi connectivity index (χ1n) is 6.44. The molecule has 0 saturated heterocycles. The molecule has 1 aromatic heterocycles. The zero-order valence-corrected chi connectivity index (χ0v) is 13.8. The lowest BCUT2D eigenvalue weighted by atomic mass is 10.2. The van der Waals surface area contributed by atoms with Gasteiger partial charge in [-0.1, -0.05) is 29.2 Å². The first-order valence-corrected chi connectivity index (χ1v) is 8.25. The number of amides is 3. The van der Waals surface area contributed by atoms with Crippen LogP contribution in [0.4, 0.5) is 15.6 Å². The predicted octanol–water partition coefficient (Wildman–Crippen LogP) is 2.81. The Balaban J connectivity index is 2.10. The van der Waals surface area contributed by atoms with Gasteiger partial charge in [0, 0.05) is 11.3 Å². The van der Waals surface area contributed by atoms with Gasteiger partial charge in [0.05, 0.1) is 21.7 Å². The van der Waals surface area contributed by atoms with E-state index in [9.17, 15) is 9.59 Å². The number of carbonyl (C=O) groups excluding carboxylic acids is 2. The van der Waals surface area contributed by atoms with Gasteiger partial charge in [0.2, 0.25) is 0 Å². The molecule has 2 aromatic rings. The van der Waals surface area contributed by atoms with E-state index in [1.165, 1.54) is 29.2 Å². The van der Waals surface area contributed by atoms with Crippen molar-refractivity contribution in [3.05, 3.63) is 35.5 Å². The highest BCUT2D eigenvalue weighted by molar-refractivity contribution is 8.01. The molecule has 23 heavy (non-hydrogen) atoms. The molecule has 0 aliphatic heterocycles. The van der Waals surface area contributed by atoms with Gasteiger partial charge >= 0.3 is 6.03 Å². The lowest BCUT2D eigenvalue weighted by Gasteiger charge is -2.05. The van der Waals surface area contributed by atoms with Gasteiger partial charge in [-0.25, -0.2) is 9.78 Å². The van der Waals surface area contributed by atoms with Gasteiger partial charge in [-0.2, -0.15) is 5.26 Å². The van der Waals surface area contributed by atoms with Crippen LogP contribution in [0.5, 0.6) is 0 Å². The van der Waals surface area contributed by atoms with Crippen LogP contribution >= 0.6 is 23.1 Å². The fraction of sp³-hybridized carbons (Fsp3) is 0.143. The minimum atomic E-state index is -0.697. The van der Waals surface area contributed by atoms with Crippen molar-refractivity contribution < 1.29 is 9.59 Å². The number of benzene rings is 1. The van der Waals surface area contributed by atoms with Crippen LogP contribution in [0.1, 0.15) is 16.1 Å². The molecule has 7 nitrogen and oxygen atoms in total. The van der Waals surface area contributed by atoms with Crippen LogP contribution < -0.4 is 16.4 Å². The van der Waals surface area contributed by atoms with Gasteiger partial charge in [0.25, 0.3) is 5.91 Å². The predicted molar refractivity (Wildman–Crippen MR) is 90.8 cm³/mol. The third kappa shape index (κ3) is 4.70. The SMILES string of the molecule is Cc1nc(NC(=O)c2cccc(NC(N)=O)c2)sc1SCC#N. The number of nitrogens with zero attached hydrogens (tertiary/aromatic N) is 2. The number of aryl methyl sites for hydroxylation is 1. The van der Waals surface area contributed by atoms with E-state index in [2.05, 4.69) is 21.7 Å². The van der Waals surface area contributed by atoms with Crippen LogP contribution in [0.15, 0.2) is 28.5 Å². The zero-order valence-electron chi connectivity index (χ0n) is 12.1. The fourth-order valence-electron chi connectivity index (χ4n) is 1.72. The van der Waals surface area contributed by atoms with E-state index in [-0.39, 0.29) is 5.91 Å². The molecule has 4 N–H and O–H groups in total. The van der Waals surface area contributed by atoms with E-state index in [0.29, 0.717) is 22.1 Å². The first kappa shape index (κ1) is 16.8. The van der Waals surface area contributed by atoms with Crippen LogP contribution in [-0.4, -0.2) is 22.7 Å². The molecule has 1 heterocycles. The Labute approximate surface area is 140 Å². The summed E-state index contributed by atoms with van der Waals surface area (Å²) in [5, 5.41) is 14.2. The average molecular weight is 347 g/mol. The summed E-state index contributed by atoms with van der Waals surface area (Å²) in [6.07, 6.45) is 0. The van der Waals surface area contributed by atoms with Crippen molar-refractivity contribution in [1.82, 2.24) is 4.98 Å². The summed E-state index contributed by atoms with van der Waals surface area (Å²) < 4.78 is 0.894. The molecule has 0 radical (unpaired) electrons. The molecule has 0 fully saturated rings. The van der Waals surface area contributed by atoms with Crippen molar-refractivity contribution in [2.75, 3.05) is 16.4 Å². The normalized spacial score (nSPS) is 9.91. The smallest absolute Gasteiger partial charge is 0.316 e. The maximum Gasteiger partial charge on any atom is 0.316 e. The number of nitriles is 1. The fourth-order valence-corrected chi connectivity index (χ4v) is 3.51. The van der Waals surface area contributed by atoms with E-state index in [1.807, 2.05) is 6.92 Å². The molecule has 0 aliphatic rings. The Kier molecular flexibility index (Phi) is 5.56. The van der Waals surface area contributed by atoms with Crippen LogP contribution in [-0.2, 0) is 0 Å². The van der Waals surface area contributed by atoms with E-state index in [4.69, 9.17) is 11.0 Å². The quantitative estimate of drug-likeness (QED) is 0.718. The van der Waals surface area contributed by atoms with Gasteiger partial charge in [0.1, 0.15) is 0 Å². The Bertz CT molecular complexity index is 782. The van der Waals surface area contributed by atoms with Crippen LogP contribution in [0, 0.1) is 18.3 Å². The number of primary amides is 1. The molecule has 0 saturated carbocycles. The molecule has 9 heteroatoms. The Morgan fingerprint density at radius 1 is 1.43 bits per heavy atom. The lowest BCUT2D eigenvalue weighted by molar-refractivity contribution is 0.102. The van der Waals surface area contributed by atoms with Gasteiger partial charge in [-0.15, -0.1) is 0 Å². The maximum absolute atomic E-state index is 12.2. The Morgan fingerprint density at radius 2 is 2.22 bits per heavy atom. The summed E-state index contributed by atoms with van der Waals surface area (Å²) in [6, 6.07) is 7.76. The topological polar surface area (TPSA) is 121 Å². The number of aromatic nitrogens is 1. The Morgan fingerprint density at radius 3 is 2.91 bits per heavy atom. The molecule has 0 bridgehead atoms. The molecule has 2 rings (SSSR count). The number of thiazole rings is 1. The second kappa shape index (κ2) is 7.62. The molecule has 0 atom stereocenters. The van der Waals surface area contributed by atoms with Crippen molar-refractivity contribution in [3.63, 3.8) is 0 Å². The summed E-state index contributed by atoms with van der Waals surface area (Å²) >= 11 is 2.70. The molecular formula is C14H13N5O2S2. The highest BCUT2D eigenvalue weighted by Gasteiger charge is 2.12. The number of hydrogen-bond acceptors (Lipinski definition) is 6. The van der Waals surface area contributed by atoms with Crippen molar-refractivity contribution >= 4 is 45.9 Å². The maximum atomic E-state index is 12.2. The second-order valence-corrected chi connectivity index (χ2v) is 6.61. The third-order valence-electron chi connectivity index (χ3n) is 2.63. The summed E-state index contributed by atoms with van der Waals surface area (Å²) in [5.74, 6) is -0.0132. The first-order chi connectivity index (χ1) is 11.0. The molecule has 0 unspecified atom stereocenters. The molecule has 118 valence electrons. The van der Waals surface area contributed by atoms with Crippen molar-refractivity contribution in [1.29, 1.82) is 5.26 Å². The van der Waals surface area contributed by atoms with Crippen molar-refractivity contribution in [2.45, 2.75) is 11.1 Å². The van der Waals surface area contributed by atoms with Gasteiger partial charge < -0.3 is 11.1 Å². The minimum absolute atomic E-state index is 0.331. The van der Waals surface area contributed by atoms with E-state index >= 15 is 0 Å². The standard InChI is InChI=1S/C14H13N5O2S2/c1-8-12(22-6-5-15)23-14(17-8)19-11(20)9-3-2-4-10(7-9)18-13(16)21/h2-4,7H,6H2,1H3,(H3,16,18,21)(H,17,19,20). The van der Waals surface area contributed by atoms with Crippen LogP contribution in [0.25, 0.3) is 0 Å². The number of rotatable bonds is 5. The van der Waals surface area contributed by atoms with E-state index < -0.39 is 6.03 Å². The van der Waals surface area contributed by atoms with Crippen LogP contribution in [0.3, 0.4) is 0 Å². The third-order valence-corrected chi connectivity index (χ3v) is 4.94. The molecule has 0 aliphatic carbocycles. The molecule has 0 spiro atoms. The number of hydrogen-bond donors (Lipinski definition) is 3. The number of nitrogens with one attached hydrogen (secondary N) is 2. The van der Waals surface area contributed by atoms with Crippen molar-refractivity contribution in [2.24, 2.45) is 5.73 Å². The minimum Gasteiger partial charge on any atom is -0.351 e. The van der Waals surface area contributed by atoms with Gasteiger partial charge in [-0.3, -0.25) is 10.1 Å². The summed E-state index contributed by atoms with van der Waals surface area (Å²) in [4.78, 5) is 27.4. The largest absolute Gasteiger partial charge is 0.351 e.